The third-order valence-electron chi connectivity index (χ3n) is 7.16. The average molecular weight is 585 g/mol. The SMILES string of the molecule is CCCC/C=C/CCCCCCC(=O)OCC(COCCC(C(=O)O)[N+](C)(C)C)OC(=O)CCCCCCCCC. The Bertz CT molecular complexity index is 702. The van der Waals surface area contributed by atoms with Crippen LogP contribution in [-0.2, 0) is 28.6 Å². The average Bonchev–Trinajstić information content (AvgIpc) is 2.91. The molecule has 0 heterocycles. The van der Waals surface area contributed by atoms with E-state index in [9.17, 15) is 19.5 Å². The van der Waals surface area contributed by atoms with Crippen LogP contribution < -0.4 is 0 Å². The summed E-state index contributed by atoms with van der Waals surface area (Å²) >= 11 is 0. The van der Waals surface area contributed by atoms with Crippen LogP contribution in [0.25, 0.3) is 0 Å². The maximum absolute atomic E-state index is 12.5. The molecule has 0 aliphatic heterocycles. The number of aliphatic carboxylic acids is 1. The number of likely N-dealkylation sites (N-methyl/N-ethyl adjacent to an activating group) is 1. The van der Waals surface area contributed by atoms with Gasteiger partial charge in [0.15, 0.2) is 12.1 Å². The molecule has 0 aromatic rings. The Hall–Kier alpha value is -1.93. The Labute approximate surface area is 250 Å². The third kappa shape index (κ3) is 24.4. The van der Waals surface area contributed by atoms with Gasteiger partial charge in [-0.25, -0.2) is 4.79 Å². The van der Waals surface area contributed by atoms with Crippen molar-refractivity contribution in [2.45, 2.75) is 142 Å². The van der Waals surface area contributed by atoms with Gasteiger partial charge in [0, 0.05) is 19.3 Å². The molecule has 0 saturated heterocycles. The van der Waals surface area contributed by atoms with Gasteiger partial charge in [-0.2, -0.15) is 0 Å². The number of carbonyl (C=O) groups is 3. The van der Waals surface area contributed by atoms with Gasteiger partial charge in [-0.05, 0) is 32.1 Å². The van der Waals surface area contributed by atoms with Gasteiger partial charge in [0.05, 0.1) is 34.4 Å². The summed E-state index contributed by atoms with van der Waals surface area (Å²) in [5.41, 5.74) is 0. The molecule has 0 fully saturated rings. The lowest BCUT2D eigenvalue weighted by atomic mass is 10.1. The fraction of sp³-hybridized carbons (Fsp3) is 0.848. The van der Waals surface area contributed by atoms with Crippen LogP contribution in [-0.4, -0.2) is 80.6 Å². The minimum Gasteiger partial charge on any atom is -0.477 e. The minimum absolute atomic E-state index is 0.0537. The van der Waals surface area contributed by atoms with Gasteiger partial charge in [-0.15, -0.1) is 0 Å². The monoisotopic (exact) mass is 584 g/mol. The van der Waals surface area contributed by atoms with Crippen molar-refractivity contribution >= 4 is 17.9 Å². The van der Waals surface area contributed by atoms with Crippen molar-refractivity contribution in [1.82, 2.24) is 0 Å². The number of quaternary nitrogens is 1. The van der Waals surface area contributed by atoms with Gasteiger partial charge in [0.25, 0.3) is 0 Å². The van der Waals surface area contributed by atoms with Crippen LogP contribution in [0.15, 0.2) is 12.2 Å². The molecule has 240 valence electrons. The van der Waals surface area contributed by atoms with Crippen molar-refractivity contribution in [3.05, 3.63) is 12.2 Å². The first-order valence-electron chi connectivity index (χ1n) is 16.2. The number of esters is 2. The van der Waals surface area contributed by atoms with Gasteiger partial charge in [-0.1, -0.05) is 90.2 Å². The normalized spacial score (nSPS) is 13.3. The summed E-state index contributed by atoms with van der Waals surface area (Å²) in [5.74, 6) is -1.49. The zero-order chi connectivity index (χ0) is 30.8. The Morgan fingerprint density at radius 1 is 0.707 bits per heavy atom. The number of carboxylic acid groups (broad SMARTS) is 1. The maximum atomic E-state index is 12.5. The summed E-state index contributed by atoms with van der Waals surface area (Å²) in [6.07, 6.45) is 21.3. The molecule has 2 atom stereocenters. The second kappa shape index (κ2) is 25.8. The van der Waals surface area contributed by atoms with E-state index in [-0.39, 0.29) is 36.2 Å². The number of carbonyl (C=O) groups excluding carboxylic acids is 2. The summed E-state index contributed by atoms with van der Waals surface area (Å²) in [6, 6.07) is -0.608. The summed E-state index contributed by atoms with van der Waals surface area (Å²) < 4.78 is 17.0. The van der Waals surface area contributed by atoms with E-state index >= 15 is 0 Å². The van der Waals surface area contributed by atoms with Crippen LogP contribution in [0.5, 0.6) is 0 Å². The first kappa shape index (κ1) is 39.1. The molecule has 0 amide bonds. The third-order valence-corrected chi connectivity index (χ3v) is 7.16. The predicted octanol–water partition coefficient (Wildman–Crippen LogP) is 7.24. The van der Waals surface area contributed by atoms with E-state index in [0.29, 0.717) is 19.3 Å². The highest BCUT2D eigenvalue weighted by molar-refractivity contribution is 5.72. The lowest BCUT2D eigenvalue weighted by molar-refractivity contribution is -0.887. The standard InChI is InChI=1S/C33H61NO7/c1-6-8-10-12-14-15-16-18-19-21-23-31(35)40-28-29(27-39-26-25-30(33(37)38)34(3,4)5)41-32(36)24-22-20-17-13-11-9-7-2/h12,14,29-30H,6-11,13,15-28H2,1-5H3/p+1/b14-12+. The van der Waals surface area contributed by atoms with E-state index in [1.165, 1.54) is 38.5 Å². The highest BCUT2D eigenvalue weighted by Gasteiger charge is 2.31. The van der Waals surface area contributed by atoms with Crippen molar-refractivity contribution in [2.75, 3.05) is 41.0 Å². The topological polar surface area (TPSA) is 99.1 Å². The number of carboxylic acids is 1. The molecule has 0 aromatic carbocycles. The van der Waals surface area contributed by atoms with Crippen molar-refractivity contribution in [1.29, 1.82) is 0 Å². The zero-order valence-electron chi connectivity index (χ0n) is 27.0. The van der Waals surface area contributed by atoms with E-state index in [2.05, 4.69) is 26.0 Å². The molecule has 0 aliphatic rings. The fourth-order valence-electron chi connectivity index (χ4n) is 4.54. The van der Waals surface area contributed by atoms with E-state index < -0.39 is 18.1 Å². The number of allylic oxidation sites excluding steroid dienone is 2. The number of unbranched alkanes of at least 4 members (excludes halogenated alkanes) is 12. The molecule has 1 N–H and O–H groups in total. The van der Waals surface area contributed by atoms with Crippen LogP contribution in [0, 0.1) is 0 Å². The van der Waals surface area contributed by atoms with Gasteiger partial charge < -0.3 is 23.8 Å². The Balaban J connectivity index is 4.50. The van der Waals surface area contributed by atoms with E-state index in [1.54, 1.807) is 0 Å². The summed E-state index contributed by atoms with van der Waals surface area (Å²) in [4.78, 5) is 36.4. The van der Waals surface area contributed by atoms with Gasteiger partial charge >= 0.3 is 17.9 Å². The molecule has 41 heavy (non-hydrogen) atoms. The summed E-state index contributed by atoms with van der Waals surface area (Å²) in [6.45, 7) is 4.61. The summed E-state index contributed by atoms with van der Waals surface area (Å²) in [5, 5.41) is 9.51. The van der Waals surface area contributed by atoms with Crippen molar-refractivity contribution < 1.29 is 38.2 Å². The van der Waals surface area contributed by atoms with E-state index in [1.807, 2.05) is 21.1 Å². The first-order chi connectivity index (χ1) is 19.6. The molecule has 0 rings (SSSR count). The first-order valence-corrected chi connectivity index (χ1v) is 16.2. The molecular formula is C33H62NO7+. The van der Waals surface area contributed by atoms with Crippen molar-refractivity contribution in [3.63, 3.8) is 0 Å². The number of ether oxygens (including phenoxy) is 3. The number of hydrogen-bond acceptors (Lipinski definition) is 6. The van der Waals surface area contributed by atoms with Crippen LogP contribution in [0.1, 0.15) is 129 Å². The molecule has 2 unspecified atom stereocenters. The molecule has 8 heteroatoms. The molecule has 0 aliphatic carbocycles. The molecule has 8 nitrogen and oxygen atoms in total. The number of rotatable bonds is 28. The Morgan fingerprint density at radius 2 is 1.24 bits per heavy atom. The quantitative estimate of drug-likeness (QED) is 0.0448. The van der Waals surface area contributed by atoms with Gasteiger partial charge in [-0.3, -0.25) is 9.59 Å². The zero-order valence-corrected chi connectivity index (χ0v) is 27.0. The van der Waals surface area contributed by atoms with Gasteiger partial charge in [0.1, 0.15) is 6.61 Å². The van der Waals surface area contributed by atoms with Crippen LogP contribution in [0.3, 0.4) is 0 Å². The maximum Gasteiger partial charge on any atom is 0.362 e. The van der Waals surface area contributed by atoms with E-state index in [0.717, 1.165) is 57.8 Å². The Kier molecular flexibility index (Phi) is 24.5. The predicted molar refractivity (Wildman–Crippen MR) is 165 cm³/mol. The summed E-state index contributed by atoms with van der Waals surface area (Å²) in [7, 11) is 5.50. The molecular weight excluding hydrogens is 522 g/mol. The molecule has 0 radical (unpaired) electrons. The van der Waals surface area contributed by atoms with Crippen LogP contribution >= 0.6 is 0 Å². The largest absolute Gasteiger partial charge is 0.477 e. The minimum atomic E-state index is -0.879. The van der Waals surface area contributed by atoms with Gasteiger partial charge in [0.2, 0.25) is 0 Å². The second-order valence-corrected chi connectivity index (χ2v) is 12.1. The lowest BCUT2D eigenvalue weighted by Crippen LogP contribution is -2.50. The fourth-order valence-corrected chi connectivity index (χ4v) is 4.54. The van der Waals surface area contributed by atoms with E-state index in [4.69, 9.17) is 14.2 Å². The highest BCUT2D eigenvalue weighted by Crippen LogP contribution is 2.12. The van der Waals surface area contributed by atoms with Crippen molar-refractivity contribution in [3.8, 4) is 0 Å². The lowest BCUT2D eigenvalue weighted by Gasteiger charge is -2.31. The smallest absolute Gasteiger partial charge is 0.362 e. The van der Waals surface area contributed by atoms with Crippen LogP contribution in [0.2, 0.25) is 0 Å². The molecule has 0 saturated carbocycles. The number of nitrogens with zero attached hydrogens (tertiary/aromatic N) is 1. The Morgan fingerprint density at radius 3 is 1.83 bits per heavy atom. The second-order valence-electron chi connectivity index (χ2n) is 12.1. The van der Waals surface area contributed by atoms with Crippen LogP contribution in [0.4, 0.5) is 0 Å². The molecule has 0 spiro atoms. The molecule has 0 bridgehead atoms. The molecule has 0 aromatic heterocycles. The highest BCUT2D eigenvalue weighted by atomic mass is 16.6. The number of hydrogen-bond donors (Lipinski definition) is 1. The van der Waals surface area contributed by atoms with Crippen molar-refractivity contribution in [2.24, 2.45) is 0 Å².